The zero-order valence-electron chi connectivity index (χ0n) is 15.9. The lowest BCUT2D eigenvalue weighted by atomic mass is 10.0. The summed E-state index contributed by atoms with van der Waals surface area (Å²) in [4.78, 5) is 6.70. The van der Waals surface area contributed by atoms with Crippen molar-refractivity contribution in [3.05, 3.63) is 35.4 Å². The first kappa shape index (κ1) is 19.1. The fraction of sp³-hybridized carbons (Fsp3) is 0.650. The van der Waals surface area contributed by atoms with Crippen LogP contribution in [0.2, 0.25) is 0 Å². The van der Waals surface area contributed by atoms with Gasteiger partial charge in [-0.3, -0.25) is 4.99 Å². The van der Waals surface area contributed by atoms with Gasteiger partial charge in [0.1, 0.15) is 6.10 Å². The van der Waals surface area contributed by atoms with Gasteiger partial charge in [-0.15, -0.1) is 0 Å². The summed E-state index contributed by atoms with van der Waals surface area (Å²) in [7, 11) is 1.83. The molecule has 0 saturated carbocycles. The fourth-order valence-electron chi connectivity index (χ4n) is 3.54. The minimum Gasteiger partial charge on any atom is -0.377 e. The Hall–Kier alpha value is -1.63. The molecule has 0 amide bonds. The van der Waals surface area contributed by atoms with E-state index in [1.54, 1.807) is 0 Å². The molecule has 26 heavy (non-hydrogen) atoms. The van der Waals surface area contributed by atoms with Crippen LogP contribution in [0.1, 0.15) is 30.1 Å². The molecule has 1 aromatic carbocycles. The molecule has 0 spiro atoms. The average Bonchev–Trinajstić information content (AvgIpc) is 3.19. The third-order valence-electron chi connectivity index (χ3n) is 4.97. The third kappa shape index (κ3) is 5.19. The average molecular weight is 361 g/mol. The van der Waals surface area contributed by atoms with E-state index in [-0.39, 0.29) is 12.2 Å². The van der Waals surface area contributed by atoms with E-state index in [9.17, 15) is 0 Å². The van der Waals surface area contributed by atoms with Crippen molar-refractivity contribution in [3.8, 4) is 0 Å². The number of ether oxygens (including phenoxy) is 3. The molecule has 2 unspecified atom stereocenters. The highest BCUT2D eigenvalue weighted by Crippen LogP contribution is 2.24. The number of benzene rings is 1. The van der Waals surface area contributed by atoms with Gasteiger partial charge in [0, 0.05) is 26.7 Å². The lowest BCUT2D eigenvalue weighted by Crippen LogP contribution is -2.48. The van der Waals surface area contributed by atoms with Gasteiger partial charge in [0.2, 0.25) is 0 Å². The number of hydrogen-bond donors (Lipinski definition) is 1. The van der Waals surface area contributed by atoms with Crippen molar-refractivity contribution in [2.24, 2.45) is 4.99 Å². The monoisotopic (exact) mass is 361 g/mol. The maximum atomic E-state index is 6.01. The van der Waals surface area contributed by atoms with Crippen LogP contribution >= 0.6 is 0 Å². The van der Waals surface area contributed by atoms with Crippen molar-refractivity contribution in [2.75, 3.05) is 53.1 Å². The molecule has 0 radical (unpaired) electrons. The minimum absolute atomic E-state index is 0.0827. The van der Waals surface area contributed by atoms with Gasteiger partial charge in [-0.25, -0.2) is 0 Å². The van der Waals surface area contributed by atoms with Crippen LogP contribution in [0.15, 0.2) is 29.3 Å². The first-order valence-electron chi connectivity index (χ1n) is 9.60. The summed E-state index contributed by atoms with van der Waals surface area (Å²) in [6, 6.07) is 8.42. The molecule has 2 fully saturated rings. The highest BCUT2D eigenvalue weighted by atomic mass is 16.5. The molecule has 2 atom stereocenters. The smallest absolute Gasteiger partial charge is 0.193 e. The maximum absolute atomic E-state index is 6.01. The third-order valence-corrected chi connectivity index (χ3v) is 4.97. The van der Waals surface area contributed by atoms with Gasteiger partial charge in [0.15, 0.2) is 5.96 Å². The second kappa shape index (κ2) is 9.90. The van der Waals surface area contributed by atoms with Crippen molar-refractivity contribution < 1.29 is 14.2 Å². The molecule has 0 aliphatic carbocycles. The van der Waals surface area contributed by atoms with Gasteiger partial charge >= 0.3 is 0 Å². The van der Waals surface area contributed by atoms with E-state index in [0.717, 1.165) is 45.0 Å². The van der Waals surface area contributed by atoms with Gasteiger partial charge in [0.25, 0.3) is 0 Å². The maximum Gasteiger partial charge on any atom is 0.193 e. The summed E-state index contributed by atoms with van der Waals surface area (Å²) in [6.07, 6.45) is 2.63. The van der Waals surface area contributed by atoms with Crippen LogP contribution in [0.3, 0.4) is 0 Å². The van der Waals surface area contributed by atoms with E-state index in [4.69, 9.17) is 14.2 Å². The highest BCUT2D eigenvalue weighted by molar-refractivity contribution is 5.80. The summed E-state index contributed by atoms with van der Waals surface area (Å²) in [5.74, 6) is 0.910. The van der Waals surface area contributed by atoms with Gasteiger partial charge in [0.05, 0.1) is 32.5 Å². The van der Waals surface area contributed by atoms with E-state index in [1.165, 1.54) is 11.1 Å². The van der Waals surface area contributed by atoms with Crippen LogP contribution in [0.4, 0.5) is 0 Å². The van der Waals surface area contributed by atoms with Crippen LogP contribution in [0.25, 0.3) is 0 Å². The molecule has 0 bridgehead atoms. The Balaban J connectivity index is 1.44. The second-order valence-electron chi connectivity index (χ2n) is 6.85. The van der Waals surface area contributed by atoms with E-state index in [2.05, 4.69) is 46.4 Å². The highest BCUT2D eigenvalue weighted by Gasteiger charge is 2.25. The molecule has 1 aromatic rings. The Morgan fingerprint density at radius 1 is 1.31 bits per heavy atom. The fourth-order valence-corrected chi connectivity index (χ4v) is 3.54. The lowest BCUT2D eigenvalue weighted by Gasteiger charge is -2.35. The Bertz CT molecular complexity index is 587. The van der Waals surface area contributed by atoms with Crippen molar-refractivity contribution in [1.82, 2.24) is 10.2 Å². The number of aryl methyl sites for hydroxylation is 1. The number of aliphatic imine (C=N–C) groups is 1. The lowest BCUT2D eigenvalue weighted by molar-refractivity contribution is -0.00871. The first-order chi connectivity index (χ1) is 12.8. The predicted octanol–water partition coefficient (Wildman–Crippen LogP) is 2.14. The van der Waals surface area contributed by atoms with E-state index < -0.39 is 0 Å². The van der Waals surface area contributed by atoms with E-state index in [1.807, 2.05) is 7.05 Å². The molecular formula is C20H31N3O3. The molecule has 144 valence electrons. The molecular weight excluding hydrogens is 330 g/mol. The normalized spacial score (nSPS) is 24.1. The molecule has 0 aromatic heterocycles. The molecule has 2 saturated heterocycles. The standard InChI is InChI=1S/C20H31N3O3/c1-16-6-3-4-8-18(16)19-14-23(10-13-26-19)20(21-2)22-9-12-24-15-17-7-5-11-25-17/h3-4,6,8,17,19H,5,7,9-15H2,1-2H3,(H,21,22). The van der Waals surface area contributed by atoms with Gasteiger partial charge in [-0.05, 0) is 30.9 Å². The Morgan fingerprint density at radius 2 is 2.19 bits per heavy atom. The van der Waals surface area contributed by atoms with Crippen LogP contribution in [-0.4, -0.2) is 70.1 Å². The molecule has 2 aliphatic heterocycles. The molecule has 2 aliphatic rings. The summed E-state index contributed by atoms with van der Waals surface area (Å²) in [6.45, 7) is 7.45. The zero-order valence-corrected chi connectivity index (χ0v) is 15.9. The Morgan fingerprint density at radius 3 is 2.96 bits per heavy atom. The number of morpholine rings is 1. The number of nitrogens with one attached hydrogen (secondary N) is 1. The van der Waals surface area contributed by atoms with Crippen LogP contribution < -0.4 is 5.32 Å². The summed E-state index contributed by atoms with van der Waals surface area (Å²) >= 11 is 0. The van der Waals surface area contributed by atoms with Gasteiger partial charge in [-0.1, -0.05) is 24.3 Å². The number of guanidine groups is 1. The molecule has 2 heterocycles. The summed E-state index contributed by atoms with van der Waals surface area (Å²) < 4.78 is 17.3. The van der Waals surface area contributed by atoms with Crippen LogP contribution in [0.5, 0.6) is 0 Å². The SMILES string of the molecule is CN=C(NCCOCC1CCCO1)N1CCOC(c2ccccc2C)C1. The van der Waals surface area contributed by atoms with Gasteiger partial charge < -0.3 is 24.4 Å². The first-order valence-corrected chi connectivity index (χ1v) is 9.60. The van der Waals surface area contributed by atoms with Crippen molar-refractivity contribution in [3.63, 3.8) is 0 Å². The van der Waals surface area contributed by atoms with Gasteiger partial charge in [-0.2, -0.15) is 0 Å². The van der Waals surface area contributed by atoms with Crippen molar-refractivity contribution in [1.29, 1.82) is 0 Å². The number of rotatable bonds is 6. The quantitative estimate of drug-likeness (QED) is 0.478. The Labute approximate surface area is 156 Å². The summed E-state index contributed by atoms with van der Waals surface area (Å²) in [5, 5.41) is 3.41. The van der Waals surface area contributed by atoms with Crippen molar-refractivity contribution in [2.45, 2.75) is 32.0 Å². The minimum atomic E-state index is 0.0827. The van der Waals surface area contributed by atoms with Crippen LogP contribution in [0, 0.1) is 6.92 Å². The molecule has 1 N–H and O–H groups in total. The zero-order chi connectivity index (χ0) is 18.2. The largest absolute Gasteiger partial charge is 0.377 e. The topological polar surface area (TPSA) is 55.3 Å². The second-order valence-corrected chi connectivity index (χ2v) is 6.85. The van der Waals surface area contributed by atoms with E-state index >= 15 is 0 Å². The molecule has 6 heteroatoms. The van der Waals surface area contributed by atoms with Crippen molar-refractivity contribution >= 4 is 5.96 Å². The Kier molecular flexibility index (Phi) is 7.29. The van der Waals surface area contributed by atoms with Crippen LogP contribution in [-0.2, 0) is 14.2 Å². The number of nitrogens with zero attached hydrogens (tertiary/aromatic N) is 2. The molecule has 6 nitrogen and oxygen atoms in total. The number of hydrogen-bond acceptors (Lipinski definition) is 4. The summed E-state index contributed by atoms with van der Waals surface area (Å²) in [5.41, 5.74) is 2.53. The predicted molar refractivity (Wildman–Crippen MR) is 103 cm³/mol. The van der Waals surface area contributed by atoms with E-state index in [0.29, 0.717) is 19.8 Å². The molecule has 3 rings (SSSR count).